The van der Waals surface area contributed by atoms with E-state index in [0.29, 0.717) is 0 Å². The normalized spacial score (nSPS) is 15.5. The van der Waals surface area contributed by atoms with Gasteiger partial charge in [0.2, 0.25) is 0 Å². The van der Waals surface area contributed by atoms with Gasteiger partial charge in [-0.15, -0.1) is 35.3 Å². The van der Waals surface area contributed by atoms with Crippen LogP contribution in [-0.4, -0.2) is 55.7 Å². The fourth-order valence-electron chi connectivity index (χ4n) is 3.66. The molecule has 1 aromatic carbocycles. The van der Waals surface area contributed by atoms with E-state index < -0.39 is 0 Å². The van der Waals surface area contributed by atoms with Crippen LogP contribution in [0, 0.1) is 6.92 Å². The van der Waals surface area contributed by atoms with Crippen LogP contribution in [0.5, 0.6) is 5.75 Å². The average molecular weight is 544 g/mol. The number of aliphatic imine (C=N–C) groups is 1. The number of rotatable bonds is 9. The Morgan fingerprint density at radius 1 is 1.30 bits per heavy atom. The molecule has 1 saturated heterocycles. The zero-order chi connectivity index (χ0) is 20.5. The molecular weight excluding hydrogens is 509 g/mol. The van der Waals surface area contributed by atoms with Crippen molar-refractivity contribution in [2.75, 3.05) is 39.8 Å². The lowest BCUT2D eigenvalue weighted by molar-refractivity contribution is 0.251. The number of benzene rings is 1. The van der Waals surface area contributed by atoms with E-state index in [1.165, 1.54) is 23.3 Å². The van der Waals surface area contributed by atoms with Crippen molar-refractivity contribution in [3.63, 3.8) is 0 Å². The van der Waals surface area contributed by atoms with Gasteiger partial charge in [-0.2, -0.15) is 0 Å². The van der Waals surface area contributed by atoms with E-state index in [1.54, 1.807) is 18.4 Å². The molecule has 0 aliphatic carbocycles. The molecule has 0 saturated carbocycles. The second-order valence-corrected chi connectivity index (χ2v) is 8.62. The lowest BCUT2D eigenvalue weighted by Crippen LogP contribution is -2.39. The zero-order valence-electron chi connectivity index (χ0n) is 18.2. The molecule has 1 atom stereocenters. The predicted molar refractivity (Wildman–Crippen MR) is 136 cm³/mol. The fourth-order valence-corrected chi connectivity index (χ4v) is 4.44. The van der Waals surface area contributed by atoms with E-state index in [1.807, 2.05) is 12.3 Å². The summed E-state index contributed by atoms with van der Waals surface area (Å²) in [6, 6.07) is 8.67. The highest BCUT2D eigenvalue weighted by atomic mass is 127. The molecule has 0 radical (unpaired) electrons. The summed E-state index contributed by atoms with van der Waals surface area (Å²) in [7, 11) is 1.72. The monoisotopic (exact) mass is 543 g/mol. The molecule has 2 heterocycles. The van der Waals surface area contributed by atoms with Gasteiger partial charge in [-0.25, -0.2) is 4.98 Å². The molecule has 1 aliphatic rings. The summed E-state index contributed by atoms with van der Waals surface area (Å²) in [5.41, 5.74) is 1.27. The number of likely N-dealkylation sites (tertiary alicyclic amines) is 1. The van der Waals surface area contributed by atoms with Gasteiger partial charge < -0.3 is 15.4 Å². The van der Waals surface area contributed by atoms with Crippen molar-refractivity contribution in [1.29, 1.82) is 0 Å². The van der Waals surface area contributed by atoms with Crippen molar-refractivity contribution in [3.8, 4) is 5.75 Å². The van der Waals surface area contributed by atoms with Crippen molar-refractivity contribution in [1.82, 2.24) is 20.5 Å². The fraction of sp³-hybridized carbons (Fsp3) is 0.545. The molecule has 1 aliphatic heterocycles. The molecule has 166 valence electrons. The SMILES string of the molecule is CCNC(=NCC(c1cccc(OC)c1)N1CCCC1)NCCc1ncc(C)s1.I. The van der Waals surface area contributed by atoms with Crippen LogP contribution in [0.15, 0.2) is 35.5 Å². The molecule has 2 aromatic rings. The van der Waals surface area contributed by atoms with Crippen LogP contribution in [0.25, 0.3) is 0 Å². The highest BCUT2D eigenvalue weighted by molar-refractivity contribution is 14.0. The smallest absolute Gasteiger partial charge is 0.191 e. The van der Waals surface area contributed by atoms with Crippen LogP contribution in [0.2, 0.25) is 0 Å². The number of halogens is 1. The largest absolute Gasteiger partial charge is 0.497 e. The van der Waals surface area contributed by atoms with Gasteiger partial charge in [0.15, 0.2) is 5.96 Å². The molecule has 6 nitrogen and oxygen atoms in total. The number of nitrogens with one attached hydrogen (secondary N) is 2. The minimum Gasteiger partial charge on any atom is -0.497 e. The molecule has 0 amide bonds. The Bertz CT molecular complexity index is 791. The van der Waals surface area contributed by atoms with E-state index in [2.05, 4.69) is 52.6 Å². The van der Waals surface area contributed by atoms with Crippen molar-refractivity contribution < 1.29 is 4.74 Å². The maximum absolute atomic E-state index is 5.44. The van der Waals surface area contributed by atoms with E-state index in [4.69, 9.17) is 9.73 Å². The first-order valence-electron chi connectivity index (χ1n) is 10.5. The first kappa shape index (κ1) is 24.9. The number of hydrogen-bond donors (Lipinski definition) is 2. The molecule has 2 N–H and O–H groups in total. The van der Waals surface area contributed by atoms with Crippen molar-refractivity contribution >= 4 is 41.3 Å². The summed E-state index contributed by atoms with van der Waals surface area (Å²) in [4.78, 5) is 13.2. The first-order chi connectivity index (χ1) is 14.2. The van der Waals surface area contributed by atoms with Gasteiger partial charge in [0.05, 0.1) is 24.7 Å². The Morgan fingerprint density at radius 2 is 2.10 bits per heavy atom. The maximum Gasteiger partial charge on any atom is 0.191 e. The highest BCUT2D eigenvalue weighted by Crippen LogP contribution is 2.27. The standard InChI is InChI=1S/C22H33N5OS.HI/c1-4-23-22(24-11-10-21-25-15-17(2)29-21)26-16-20(27-12-5-6-13-27)18-8-7-9-19(14-18)28-3;/h7-9,14-15,20H,4-6,10-13,16H2,1-3H3,(H2,23,24,26);1H. The van der Waals surface area contributed by atoms with Crippen LogP contribution >= 0.6 is 35.3 Å². The lowest BCUT2D eigenvalue weighted by atomic mass is 10.1. The quantitative estimate of drug-likeness (QED) is 0.285. The van der Waals surface area contributed by atoms with Gasteiger partial charge in [0.25, 0.3) is 0 Å². The number of aromatic nitrogens is 1. The van der Waals surface area contributed by atoms with Gasteiger partial charge in [-0.3, -0.25) is 9.89 Å². The summed E-state index contributed by atoms with van der Waals surface area (Å²) in [6.45, 7) is 8.84. The van der Waals surface area contributed by atoms with Crippen LogP contribution < -0.4 is 15.4 Å². The number of nitrogens with zero attached hydrogens (tertiary/aromatic N) is 3. The number of guanidine groups is 1. The van der Waals surface area contributed by atoms with Crippen LogP contribution in [0.4, 0.5) is 0 Å². The summed E-state index contributed by atoms with van der Waals surface area (Å²) in [5.74, 6) is 1.77. The van der Waals surface area contributed by atoms with Gasteiger partial charge >= 0.3 is 0 Å². The maximum atomic E-state index is 5.44. The molecule has 0 bridgehead atoms. The molecular formula is C22H34IN5OS. The van der Waals surface area contributed by atoms with E-state index in [0.717, 1.165) is 55.9 Å². The molecule has 1 fully saturated rings. The summed E-state index contributed by atoms with van der Waals surface area (Å²) in [5, 5.41) is 8.00. The Kier molecular flexibility index (Phi) is 10.9. The lowest BCUT2D eigenvalue weighted by Gasteiger charge is -2.27. The van der Waals surface area contributed by atoms with E-state index >= 15 is 0 Å². The first-order valence-corrected chi connectivity index (χ1v) is 11.3. The minimum atomic E-state index is 0. The number of thiazole rings is 1. The third-order valence-corrected chi connectivity index (χ3v) is 6.10. The summed E-state index contributed by atoms with van der Waals surface area (Å²) < 4.78 is 5.44. The molecule has 0 spiro atoms. The molecule has 1 unspecified atom stereocenters. The molecule has 30 heavy (non-hydrogen) atoms. The topological polar surface area (TPSA) is 61.8 Å². The number of hydrogen-bond acceptors (Lipinski definition) is 5. The van der Waals surface area contributed by atoms with Crippen molar-refractivity contribution in [2.24, 2.45) is 4.99 Å². The van der Waals surface area contributed by atoms with E-state index in [9.17, 15) is 0 Å². The molecule has 8 heteroatoms. The van der Waals surface area contributed by atoms with Crippen LogP contribution in [0.3, 0.4) is 0 Å². The second kappa shape index (κ2) is 13.1. The highest BCUT2D eigenvalue weighted by Gasteiger charge is 2.23. The zero-order valence-corrected chi connectivity index (χ0v) is 21.3. The van der Waals surface area contributed by atoms with Gasteiger partial charge in [0.1, 0.15) is 5.75 Å². The summed E-state index contributed by atoms with van der Waals surface area (Å²) in [6.07, 6.45) is 5.37. The van der Waals surface area contributed by atoms with Crippen molar-refractivity contribution in [3.05, 3.63) is 45.9 Å². The van der Waals surface area contributed by atoms with E-state index in [-0.39, 0.29) is 30.0 Å². The van der Waals surface area contributed by atoms with Gasteiger partial charge in [-0.1, -0.05) is 12.1 Å². The average Bonchev–Trinajstić information content (AvgIpc) is 3.40. The van der Waals surface area contributed by atoms with Crippen LogP contribution in [-0.2, 0) is 6.42 Å². The molecule has 3 rings (SSSR count). The van der Waals surface area contributed by atoms with Crippen LogP contribution in [0.1, 0.15) is 41.3 Å². The Morgan fingerprint density at radius 3 is 2.77 bits per heavy atom. The Balaban J connectivity index is 0.00000320. The van der Waals surface area contributed by atoms with Crippen molar-refractivity contribution in [2.45, 2.75) is 39.2 Å². The number of aryl methyl sites for hydroxylation is 1. The van der Waals surface area contributed by atoms with Gasteiger partial charge in [-0.05, 0) is 57.5 Å². The Labute approximate surface area is 201 Å². The molecule has 1 aromatic heterocycles. The third kappa shape index (κ3) is 7.39. The number of methoxy groups -OCH3 is 1. The second-order valence-electron chi connectivity index (χ2n) is 7.30. The van der Waals surface area contributed by atoms with Gasteiger partial charge in [0, 0.05) is 30.6 Å². The minimum absolute atomic E-state index is 0. The Hall–Kier alpha value is -1.39. The predicted octanol–water partition coefficient (Wildman–Crippen LogP) is 4.01. The number of ether oxygens (including phenoxy) is 1. The third-order valence-electron chi connectivity index (χ3n) is 5.13. The summed E-state index contributed by atoms with van der Waals surface area (Å²) >= 11 is 1.76.